The van der Waals surface area contributed by atoms with E-state index >= 15 is 0 Å². The van der Waals surface area contributed by atoms with Gasteiger partial charge in [0, 0.05) is 17.3 Å². The van der Waals surface area contributed by atoms with Gasteiger partial charge in [-0.05, 0) is 49.0 Å². The molecule has 3 aliphatic carbocycles. The van der Waals surface area contributed by atoms with Crippen LogP contribution in [0.4, 0.5) is 0 Å². The second kappa shape index (κ2) is 9.24. The van der Waals surface area contributed by atoms with E-state index in [0.29, 0.717) is 6.42 Å². The van der Waals surface area contributed by atoms with E-state index in [0.717, 1.165) is 18.4 Å². The molecule has 0 aromatic carbocycles. The molecule has 0 aromatic heterocycles. The van der Waals surface area contributed by atoms with Gasteiger partial charge >= 0.3 is 0 Å². The Morgan fingerprint density at radius 3 is 2.44 bits per heavy atom. The van der Waals surface area contributed by atoms with Gasteiger partial charge in [-0.3, -0.25) is 4.79 Å². The lowest BCUT2D eigenvalue weighted by Crippen LogP contribution is -2.67. The highest BCUT2D eigenvalue weighted by atomic mass is 16.7. The molecule has 9 heteroatoms. The Morgan fingerprint density at radius 2 is 1.83 bits per heavy atom. The number of carbonyl (C=O) groups excluding carboxylic acids is 1. The van der Waals surface area contributed by atoms with Crippen LogP contribution < -0.4 is 0 Å². The van der Waals surface area contributed by atoms with Crippen LogP contribution in [0.1, 0.15) is 53.4 Å². The van der Waals surface area contributed by atoms with Gasteiger partial charge in [0.1, 0.15) is 23.9 Å². The summed E-state index contributed by atoms with van der Waals surface area (Å²) in [5.41, 5.74) is -2.94. The highest BCUT2D eigenvalue weighted by molar-refractivity contribution is 5.97. The topological polar surface area (TPSA) is 157 Å². The summed E-state index contributed by atoms with van der Waals surface area (Å²) in [6.45, 7) is 10.3. The van der Waals surface area contributed by atoms with Crippen LogP contribution in [0.15, 0.2) is 24.3 Å². The molecule has 1 aliphatic heterocycles. The maximum Gasteiger partial charge on any atom is 0.186 e. The molecule has 3 fully saturated rings. The second-order valence-electron chi connectivity index (χ2n) is 12.5. The van der Waals surface area contributed by atoms with Gasteiger partial charge in [0.15, 0.2) is 12.1 Å². The van der Waals surface area contributed by atoms with Gasteiger partial charge in [-0.25, -0.2) is 0 Å². The van der Waals surface area contributed by atoms with Crippen LogP contribution in [-0.2, 0) is 14.3 Å². The number of allylic oxidation sites excluding steroid dienone is 3. The van der Waals surface area contributed by atoms with Gasteiger partial charge in [-0.15, -0.1) is 6.58 Å². The molecule has 0 unspecified atom stereocenters. The van der Waals surface area contributed by atoms with Crippen LogP contribution in [-0.4, -0.2) is 92.0 Å². The fraction of sp³-hybridized carbons (Fsp3) is 0.815. The Kier molecular flexibility index (Phi) is 7.15. The quantitative estimate of drug-likeness (QED) is 0.289. The Hall–Kier alpha value is -1.17. The molecule has 0 radical (unpaired) electrons. The number of Topliss-reactive ketones (excluding diaryl/α,β-unsaturated/α-hetero) is 1. The normalized spacial score (nSPS) is 53.3. The lowest BCUT2D eigenvalue weighted by molar-refractivity contribution is -0.337. The van der Waals surface area contributed by atoms with Gasteiger partial charge in [-0.1, -0.05) is 32.9 Å². The summed E-state index contributed by atoms with van der Waals surface area (Å²) < 4.78 is 11.5. The Balaban J connectivity index is 1.63. The van der Waals surface area contributed by atoms with E-state index in [1.165, 1.54) is 6.92 Å². The van der Waals surface area contributed by atoms with E-state index < -0.39 is 59.8 Å². The van der Waals surface area contributed by atoms with Crippen LogP contribution in [0.25, 0.3) is 0 Å². The number of ether oxygens (including phenoxy) is 2. The Labute approximate surface area is 212 Å². The summed E-state index contributed by atoms with van der Waals surface area (Å²) in [5.74, 6) is -0.384. The third-order valence-corrected chi connectivity index (χ3v) is 9.96. The summed E-state index contributed by atoms with van der Waals surface area (Å²) in [6, 6.07) is 0. The molecule has 1 saturated heterocycles. The Morgan fingerprint density at radius 1 is 1.17 bits per heavy atom. The average Bonchev–Trinajstić information content (AvgIpc) is 2.83. The highest BCUT2D eigenvalue weighted by Gasteiger charge is 2.63. The lowest BCUT2D eigenvalue weighted by Gasteiger charge is -2.62. The third kappa shape index (κ3) is 4.12. The number of aliphatic hydroxyl groups excluding tert-OH is 5. The first kappa shape index (κ1) is 27.9. The molecule has 0 aromatic rings. The number of rotatable bonds is 5. The molecule has 4 rings (SSSR count). The van der Waals surface area contributed by atoms with E-state index in [9.17, 15) is 35.4 Å². The van der Waals surface area contributed by atoms with E-state index in [4.69, 9.17) is 9.47 Å². The van der Waals surface area contributed by atoms with Crippen molar-refractivity contribution in [3.63, 3.8) is 0 Å². The molecule has 204 valence electrons. The van der Waals surface area contributed by atoms with Crippen molar-refractivity contribution in [2.45, 2.75) is 95.8 Å². The van der Waals surface area contributed by atoms with Crippen molar-refractivity contribution in [2.24, 2.45) is 28.1 Å². The second-order valence-corrected chi connectivity index (χ2v) is 12.5. The van der Waals surface area contributed by atoms with Crippen LogP contribution in [0, 0.1) is 28.1 Å². The molecular weight excluding hydrogens is 468 g/mol. The van der Waals surface area contributed by atoms with Crippen molar-refractivity contribution in [2.75, 3.05) is 13.2 Å². The average molecular weight is 511 g/mol. The predicted octanol–water partition coefficient (Wildman–Crippen LogP) is 0.449. The standard InChI is InChI=1S/C27H42O9/c1-6-24(2)8-7-15-14(10-24)16(29)9-18-25(15,3)11-17(30)21(32)26(18,4)13-35-23-20(31)22(33)27(5,34)19(12-28)36-23/h6,10,15,17-23,28,30-34H,1,7-9,11-13H2,2-5H3/t15-,17+,18+,19+,20-,21-,22-,23+,24-,25+,26+,27+/m0/s1. The van der Waals surface area contributed by atoms with E-state index in [1.807, 2.05) is 12.2 Å². The number of hydrogen-bond acceptors (Lipinski definition) is 9. The summed E-state index contributed by atoms with van der Waals surface area (Å²) in [7, 11) is 0. The summed E-state index contributed by atoms with van der Waals surface area (Å²) in [5, 5.41) is 63.2. The monoisotopic (exact) mass is 510 g/mol. The Bertz CT molecular complexity index is 913. The van der Waals surface area contributed by atoms with Crippen molar-refractivity contribution < 1.29 is 44.9 Å². The zero-order chi connectivity index (χ0) is 26.8. The third-order valence-electron chi connectivity index (χ3n) is 9.96. The molecule has 2 saturated carbocycles. The van der Waals surface area contributed by atoms with Gasteiger partial charge in [0.2, 0.25) is 0 Å². The minimum Gasteiger partial charge on any atom is -0.394 e. The van der Waals surface area contributed by atoms with Crippen molar-refractivity contribution in [1.29, 1.82) is 0 Å². The minimum absolute atomic E-state index is 0.0193. The first-order chi connectivity index (χ1) is 16.6. The molecular formula is C27H42O9. The van der Waals surface area contributed by atoms with Gasteiger partial charge in [0.25, 0.3) is 0 Å². The number of hydrogen-bond donors (Lipinski definition) is 6. The molecule has 0 bridgehead atoms. The fourth-order valence-electron chi connectivity index (χ4n) is 7.40. The summed E-state index contributed by atoms with van der Waals surface area (Å²) in [4.78, 5) is 13.4. The molecule has 0 amide bonds. The maximum absolute atomic E-state index is 13.4. The fourth-order valence-corrected chi connectivity index (χ4v) is 7.40. The first-order valence-electron chi connectivity index (χ1n) is 12.9. The van der Waals surface area contributed by atoms with Crippen LogP contribution in [0.5, 0.6) is 0 Å². The van der Waals surface area contributed by atoms with Crippen LogP contribution in [0.3, 0.4) is 0 Å². The summed E-state index contributed by atoms with van der Waals surface area (Å²) in [6.07, 6.45) is -2.07. The first-order valence-corrected chi connectivity index (χ1v) is 12.9. The van der Waals surface area contributed by atoms with Crippen molar-refractivity contribution in [3.05, 3.63) is 24.3 Å². The smallest absolute Gasteiger partial charge is 0.186 e. The zero-order valence-electron chi connectivity index (χ0n) is 21.6. The maximum atomic E-state index is 13.4. The van der Waals surface area contributed by atoms with E-state index in [2.05, 4.69) is 20.4 Å². The van der Waals surface area contributed by atoms with Crippen molar-refractivity contribution in [1.82, 2.24) is 0 Å². The van der Waals surface area contributed by atoms with Gasteiger partial charge < -0.3 is 40.1 Å². The van der Waals surface area contributed by atoms with Crippen molar-refractivity contribution in [3.8, 4) is 0 Å². The molecule has 36 heavy (non-hydrogen) atoms. The minimum atomic E-state index is -1.89. The number of fused-ring (bicyclic) bond motifs is 3. The zero-order valence-corrected chi connectivity index (χ0v) is 21.6. The summed E-state index contributed by atoms with van der Waals surface area (Å²) >= 11 is 0. The van der Waals surface area contributed by atoms with E-state index in [1.54, 1.807) is 6.92 Å². The number of ketones is 1. The molecule has 4 aliphatic rings. The van der Waals surface area contributed by atoms with E-state index in [-0.39, 0.29) is 36.1 Å². The van der Waals surface area contributed by atoms with Crippen LogP contribution >= 0.6 is 0 Å². The lowest BCUT2D eigenvalue weighted by atomic mass is 9.44. The predicted molar refractivity (Wildman–Crippen MR) is 129 cm³/mol. The SMILES string of the molecule is C=C[C@]1(C)C=C2C(=O)C[C@@H]3[C@](C)(C[C@@H](O)[C@H](O)[C@]3(C)CO[C@@H]3O[C@H](CO)[C@@](C)(O)[C@@H](O)[C@@H]3O)[C@H]2CC1. The molecule has 9 nitrogen and oxygen atoms in total. The largest absolute Gasteiger partial charge is 0.394 e. The number of aliphatic hydroxyl groups is 6. The van der Waals surface area contributed by atoms with Gasteiger partial charge in [-0.2, -0.15) is 0 Å². The van der Waals surface area contributed by atoms with Gasteiger partial charge in [0.05, 0.1) is 25.4 Å². The number of carbonyl (C=O) groups is 1. The van der Waals surface area contributed by atoms with Crippen LogP contribution in [0.2, 0.25) is 0 Å². The molecule has 1 heterocycles. The molecule has 12 atom stereocenters. The highest BCUT2D eigenvalue weighted by Crippen LogP contribution is 2.63. The molecule has 0 spiro atoms. The molecule has 6 N–H and O–H groups in total. The van der Waals surface area contributed by atoms with Crippen molar-refractivity contribution >= 4 is 5.78 Å².